The molecule has 0 N–H and O–H groups in total. The summed E-state index contributed by atoms with van der Waals surface area (Å²) >= 11 is 0. The first-order valence-corrected chi connectivity index (χ1v) is 11.1. The van der Waals surface area contributed by atoms with Gasteiger partial charge in [-0.3, -0.25) is 4.90 Å². The van der Waals surface area contributed by atoms with Gasteiger partial charge in [0.2, 0.25) is 0 Å². The molecule has 0 amide bonds. The van der Waals surface area contributed by atoms with Crippen LogP contribution in [0.25, 0.3) is 0 Å². The largest absolute Gasteiger partial charge is 0.303 e. The number of nitrogens with zero attached hydrogens (tertiary/aromatic N) is 2. The molecule has 0 unspecified atom stereocenters. The molecule has 0 saturated carbocycles. The molecule has 0 aromatic heterocycles. The van der Waals surface area contributed by atoms with Crippen molar-refractivity contribution in [2.75, 3.05) is 44.2 Å². The van der Waals surface area contributed by atoms with Crippen molar-refractivity contribution in [2.24, 2.45) is 11.8 Å². The molecule has 0 aromatic rings. The molecule has 2 saturated heterocycles. The molecule has 23 heavy (non-hydrogen) atoms. The van der Waals surface area contributed by atoms with Crippen LogP contribution in [0.2, 0.25) is 0 Å². The Labute approximate surface area is 141 Å². The van der Waals surface area contributed by atoms with E-state index in [2.05, 4.69) is 29.7 Å². The van der Waals surface area contributed by atoms with Gasteiger partial charge in [-0.05, 0) is 57.5 Å². The number of rotatable bonds is 3. The minimum absolute atomic E-state index is 0.358. The molecule has 5 heteroatoms. The Kier molecular flexibility index (Phi) is 5.49. The quantitative estimate of drug-likeness (QED) is 0.739. The van der Waals surface area contributed by atoms with E-state index in [1.807, 2.05) is 0 Å². The van der Waals surface area contributed by atoms with Gasteiger partial charge in [0.15, 0.2) is 9.84 Å². The fourth-order valence-corrected chi connectivity index (χ4v) is 5.77. The third-order valence-electron chi connectivity index (χ3n) is 6.27. The van der Waals surface area contributed by atoms with E-state index in [1.165, 1.54) is 45.3 Å². The molecule has 2 atom stereocenters. The molecule has 3 rings (SSSR count). The van der Waals surface area contributed by atoms with Crippen molar-refractivity contribution >= 4 is 9.84 Å². The second-order valence-electron chi connectivity index (χ2n) is 7.83. The Bertz CT molecular complexity index is 521. The summed E-state index contributed by atoms with van der Waals surface area (Å²) in [5.41, 5.74) is 1.59. The van der Waals surface area contributed by atoms with Gasteiger partial charge in [-0.25, -0.2) is 8.42 Å². The minimum atomic E-state index is -2.75. The number of allylic oxidation sites excluding steroid dienone is 1. The number of hydrogen-bond donors (Lipinski definition) is 0. The van der Waals surface area contributed by atoms with E-state index in [1.54, 1.807) is 5.57 Å². The van der Waals surface area contributed by atoms with Gasteiger partial charge in [0, 0.05) is 25.7 Å². The topological polar surface area (TPSA) is 40.6 Å². The number of hydrogen-bond acceptors (Lipinski definition) is 4. The Morgan fingerprint density at radius 3 is 2.35 bits per heavy atom. The lowest BCUT2D eigenvalue weighted by Gasteiger charge is -2.42. The van der Waals surface area contributed by atoms with E-state index in [0.29, 0.717) is 17.5 Å². The van der Waals surface area contributed by atoms with Crippen molar-refractivity contribution in [1.29, 1.82) is 0 Å². The van der Waals surface area contributed by atoms with Crippen LogP contribution in [0.4, 0.5) is 0 Å². The molecule has 0 bridgehead atoms. The summed E-state index contributed by atoms with van der Waals surface area (Å²) in [5.74, 6) is 2.26. The number of likely N-dealkylation sites (tertiary alicyclic amines) is 1. The van der Waals surface area contributed by atoms with Crippen LogP contribution in [0.15, 0.2) is 11.6 Å². The Morgan fingerprint density at radius 1 is 1.09 bits per heavy atom. The zero-order valence-corrected chi connectivity index (χ0v) is 15.5. The van der Waals surface area contributed by atoms with Crippen molar-refractivity contribution < 1.29 is 8.42 Å². The predicted molar refractivity (Wildman–Crippen MR) is 95.3 cm³/mol. The van der Waals surface area contributed by atoms with Gasteiger partial charge < -0.3 is 4.90 Å². The average Bonchev–Trinajstić information content (AvgIpc) is 2.52. The smallest absolute Gasteiger partial charge is 0.152 e. The molecule has 3 aliphatic rings. The molecule has 2 aliphatic heterocycles. The summed E-state index contributed by atoms with van der Waals surface area (Å²) < 4.78 is 23.1. The molecule has 0 aromatic carbocycles. The monoisotopic (exact) mass is 340 g/mol. The van der Waals surface area contributed by atoms with E-state index in [-0.39, 0.29) is 0 Å². The normalized spacial score (nSPS) is 34.3. The van der Waals surface area contributed by atoms with Crippen LogP contribution in [-0.4, -0.2) is 68.5 Å². The van der Waals surface area contributed by atoms with Crippen LogP contribution in [0.1, 0.15) is 39.5 Å². The fourth-order valence-electron chi connectivity index (χ4n) is 4.54. The molecule has 0 radical (unpaired) electrons. The molecule has 0 spiro atoms. The Hall–Kier alpha value is -0.390. The molecular weight excluding hydrogens is 308 g/mol. The lowest BCUT2D eigenvalue weighted by Crippen LogP contribution is -2.51. The zero-order chi connectivity index (χ0) is 16.4. The fraction of sp³-hybridized carbons (Fsp3) is 0.889. The summed E-state index contributed by atoms with van der Waals surface area (Å²) in [4.78, 5) is 5.06. The van der Waals surface area contributed by atoms with E-state index in [4.69, 9.17) is 0 Å². The standard InChI is InChI=1S/C18H32N2O2S/c1-15-4-3-5-16(2)18(15)14-19-8-6-17(7-9-19)20-10-12-23(21,22)13-11-20/h4,16-18H,3,5-14H2,1-2H3/t16-,18-/m0/s1. The highest BCUT2D eigenvalue weighted by Crippen LogP contribution is 2.31. The highest BCUT2D eigenvalue weighted by molar-refractivity contribution is 7.91. The molecule has 2 heterocycles. The molecular formula is C18H32N2O2S. The van der Waals surface area contributed by atoms with Crippen LogP contribution < -0.4 is 0 Å². The second-order valence-corrected chi connectivity index (χ2v) is 10.1. The van der Waals surface area contributed by atoms with Gasteiger partial charge >= 0.3 is 0 Å². The van der Waals surface area contributed by atoms with Gasteiger partial charge in [-0.2, -0.15) is 0 Å². The molecule has 2 fully saturated rings. The van der Waals surface area contributed by atoms with Gasteiger partial charge in [0.05, 0.1) is 11.5 Å². The highest BCUT2D eigenvalue weighted by atomic mass is 32.2. The van der Waals surface area contributed by atoms with Gasteiger partial charge in [0.25, 0.3) is 0 Å². The SMILES string of the molecule is CC1=CCC[C@H](C)[C@H]1CN1CCC(N2CCS(=O)(=O)CC2)CC1. The number of sulfone groups is 1. The first-order chi connectivity index (χ1) is 10.9. The van der Waals surface area contributed by atoms with Crippen molar-refractivity contribution in [1.82, 2.24) is 9.80 Å². The Morgan fingerprint density at radius 2 is 1.74 bits per heavy atom. The second kappa shape index (κ2) is 7.24. The summed E-state index contributed by atoms with van der Waals surface area (Å²) in [6.45, 7) is 9.76. The molecule has 1 aliphatic carbocycles. The predicted octanol–water partition coefficient (Wildman–Crippen LogP) is 2.17. The van der Waals surface area contributed by atoms with E-state index in [0.717, 1.165) is 24.9 Å². The summed E-state index contributed by atoms with van der Waals surface area (Å²) in [5, 5.41) is 0. The van der Waals surface area contributed by atoms with Gasteiger partial charge in [-0.15, -0.1) is 0 Å². The third-order valence-corrected chi connectivity index (χ3v) is 7.88. The van der Waals surface area contributed by atoms with Crippen molar-refractivity contribution in [3.8, 4) is 0 Å². The third kappa shape index (κ3) is 4.37. The lowest BCUT2D eigenvalue weighted by atomic mass is 9.79. The lowest BCUT2D eigenvalue weighted by molar-refractivity contribution is 0.100. The van der Waals surface area contributed by atoms with Crippen LogP contribution in [0.5, 0.6) is 0 Å². The zero-order valence-electron chi connectivity index (χ0n) is 14.7. The van der Waals surface area contributed by atoms with Crippen LogP contribution in [-0.2, 0) is 9.84 Å². The maximum Gasteiger partial charge on any atom is 0.152 e. The van der Waals surface area contributed by atoms with Crippen molar-refractivity contribution in [3.63, 3.8) is 0 Å². The number of piperidine rings is 1. The maximum atomic E-state index is 11.6. The van der Waals surface area contributed by atoms with Gasteiger partial charge in [-0.1, -0.05) is 18.6 Å². The highest BCUT2D eigenvalue weighted by Gasteiger charge is 2.31. The first-order valence-electron chi connectivity index (χ1n) is 9.28. The minimum Gasteiger partial charge on any atom is -0.303 e. The molecule has 4 nitrogen and oxygen atoms in total. The summed E-state index contributed by atoms with van der Waals surface area (Å²) in [6.07, 6.45) is 7.42. The van der Waals surface area contributed by atoms with Crippen LogP contribution in [0, 0.1) is 11.8 Å². The van der Waals surface area contributed by atoms with E-state index >= 15 is 0 Å². The van der Waals surface area contributed by atoms with E-state index < -0.39 is 9.84 Å². The maximum absolute atomic E-state index is 11.6. The Balaban J connectivity index is 1.47. The molecule has 132 valence electrons. The first kappa shape index (κ1) is 17.4. The average molecular weight is 341 g/mol. The van der Waals surface area contributed by atoms with Crippen LogP contribution >= 0.6 is 0 Å². The van der Waals surface area contributed by atoms with Crippen molar-refractivity contribution in [2.45, 2.75) is 45.6 Å². The summed E-state index contributed by atoms with van der Waals surface area (Å²) in [7, 11) is -2.75. The van der Waals surface area contributed by atoms with E-state index in [9.17, 15) is 8.42 Å². The van der Waals surface area contributed by atoms with Gasteiger partial charge in [0.1, 0.15) is 0 Å². The summed E-state index contributed by atoms with van der Waals surface area (Å²) in [6, 6.07) is 0.599. The van der Waals surface area contributed by atoms with Crippen molar-refractivity contribution in [3.05, 3.63) is 11.6 Å². The van der Waals surface area contributed by atoms with Crippen LogP contribution in [0.3, 0.4) is 0 Å².